The van der Waals surface area contributed by atoms with Crippen LogP contribution in [0.1, 0.15) is 12.8 Å². The molecule has 0 atom stereocenters. The topological polar surface area (TPSA) is 85.1 Å². The Bertz CT molecular complexity index is 680. The molecule has 0 spiro atoms. The van der Waals surface area contributed by atoms with Gasteiger partial charge >= 0.3 is 0 Å². The predicted octanol–water partition coefficient (Wildman–Crippen LogP) is 1.71. The number of hydrogen-bond acceptors (Lipinski definition) is 5. The van der Waals surface area contributed by atoms with Crippen molar-refractivity contribution in [1.82, 2.24) is 10.1 Å². The molecule has 102 valence electrons. The van der Waals surface area contributed by atoms with E-state index in [4.69, 9.17) is 4.52 Å². The molecule has 6 nitrogen and oxygen atoms in total. The highest BCUT2D eigenvalue weighted by Gasteiger charge is 2.19. The third-order valence-electron chi connectivity index (χ3n) is 2.14. The first-order valence-corrected chi connectivity index (χ1v) is 6.70. The minimum absolute atomic E-state index is 0.239. The van der Waals surface area contributed by atoms with Crippen LogP contribution < -0.4 is 4.72 Å². The van der Waals surface area contributed by atoms with Gasteiger partial charge in [0.2, 0.25) is 5.89 Å². The Morgan fingerprint density at radius 3 is 2.42 bits per heavy atom. The molecule has 1 aromatic heterocycles. The lowest BCUT2D eigenvalue weighted by Gasteiger charge is -2.04. The number of aromatic nitrogens is 2. The van der Waals surface area contributed by atoms with Crippen LogP contribution in [0.25, 0.3) is 0 Å². The normalized spacial score (nSPS) is 11.5. The van der Waals surface area contributed by atoms with E-state index in [1.165, 1.54) is 0 Å². The Balaban J connectivity index is 2.31. The van der Waals surface area contributed by atoms with Crippen LogP contribution >= 0.6 is 0 Å². The van der Waals surface area contributed by atoms with Crippen LogP contribution in [0, 0.1) is 11.6 Å². The van der Waals surface area contributed by atoms with Crippen LogP contribution in [0.4, 0.5) is 14.7 Å². The van der Waals surface area contributed by atoms with E-state index in [9.17, 15) is 17.2 Å². The molecule has 1 aromatic carbocycles. The van der Waals surface area contributed by atoms with Crippen LogP contribution in [0.15, 0.2) is 27.6 Å². The smallest absolute Gasteiger partial charge is 0.277 e. The summed E-state index contributed by atoms with van der Waals surface area (Å²) in [5.41, 5.74) is 0. The Hall–Kier alpha value is -2.03. The summed E-state index contributed by atoms with van der Waals surface area (Å²) in [5.74, 6) is -2.05. The minimum atomic E-state index is -4.17. The van der Waals surface area contributed by atoms with Gasteiger partial charge in [-0.25, -0.2) is 21.9 Å². The number of halogens is 2. The Labute approximate surface area is 107 Å². The lowest BCUT2D eigenvalue weighted by molar-refractivity contribution is 0.383. The molecule has 0 bridgehead atoms. The number of aryl methyl sites for hydroxylation is 1. The van der Waals surface area contributed by atoms with Crippen molar-refractivity contribution in [2.24, 2.45) is 0 Å². The van der Waals surface area contributed by atoms with E-state index in [0.29, 0.717) is 24.6 Å². The van der Waals surface area contributed by atoms with Crippen molar-refractivity contribution in [1.29, 1.82) is 0 Å². The standard InChI is InChI=1S/C10H9F2N3O3S/c1-2-9-13-10(14-18-9)15-19(16,17)8-4-6(11)3-7(12)5-8/h3-5H,2H2,1H3,(H,14,15). The van der Waals surface area contributed by atoms with Gasteiger partial charge in [-0.15, -0.1) is 0 Å². The first-order chi connectivity index (χ1) is 8.90. The summed E-state index contributed by atoms with van der Waals surface area (Å²) in [6, 6.07) is 1.95. The molecule has 0 amide bonds. The van der Waals surface area contributed by atoms with Gasteiger partial charge < -0.3 is 4.52 Å². The van der Waals surface area contributed by atoms with Crippen molar-refractivity contribution in [3.8, 4) is 0 Å². The second-order valence-electron chi connectivity index (χ2n) is 3.58. The molecule has 0 unspecified atom stereocenters. The minimum Gasteiger partial charge on any atom is -0.337 e. The molecule has 0 aliphatic carbocycles. The van der Waals surface area contributed by atoms with Crippen LogP contribution in [0.5, 0.6) is 0 Å². The second kappa shape index (κ2) is 4.92. The van der Waals surface area contributed by atoms with E-state index < -0.39 is 26.6 Å². The lowest BCUT2D eigenvalue weighted by Crippen LogP contribution is -2.14. The molecular weight excluding hydrogens is 280 g/mol. The maximum Gasteiger partial charge on any atom is 0.277 e. The third-order valence-corrected chi connectivity index (χ3v) is 3.45. The quantitative estimate of drug-likeness (QED) is 0.926. The monoisotopic (exact) mass is 289 g/mol. The van der Waals surface area contributed by atoms with Crippen LogP contribution in [-0.4, -0.2) is 18.6 Å². The summed E-state index contributed by atoms with van der Waals surface area (Å²) >= 11 is 0. The van der Waals surface area contributed by atoms with Crippen molar-refractivity contribution >= 4 is 16.0 Å². The number of anilines is 1. The number of hydrogen-bond donors (Lipinski definition) is 1. The van der Waals surface area contributed by atoms with Gasteiger partial charge in [-0.2, -0.15) is 4.98 Å². The van der Waals surface area contributed by atoms with Crippen LogP contribution in [-0.2, 0) is 16.4 Å². The molecule has 0 aliphatic heterocycles. The molecule has 0 saturated heterocycles. The maximum absolute atomic E-state index is 13.0. The summed E-state index contributed by atoms with van der Waals surface area (Å²) in [6.45, 7) is 1.74. The van der Waals surface area contributed by atoms with Crippen molar-refractivity contribution < 1.29 is 21.7 Å². The van der Waals surface area contributed by atoms with E-state index in [1.54, 1.807) is 6.92 Å². The van der Waals surface area contributed by atoms with E-state index in [-0.39, 0.29) is 11.8 Å². The molecule has 0 aliphatic rings. The van der Waals surface area contributed by atoms with E-state index in [1.807, 2.05) is 4.72 Å². The molecule has 0 fully saturated rings. The van der Waals surface area contributed by atoms with Gasteiger partial charge in [-0.3, -0.25) is 0 Å². The van der Waals surface area contributed by atoms with Crippen LogP contribution in [0.3, 0.4) is 0 Å². The van der Waals surface area contributed by atoms with E-state index >= 15 is 0 Å². The van der Waals surface area contributed by atoms with E-state index in [0.717, 1.165) is 0 Å². The lowest BCUT2D eigenvalue weighted by atomic mass is 10.3. The summed E-state index contributed by atoms with van der Waals surface area (Å²) in [7, 11) is -4.17. The Kier molecular flexibility index (Phi) is 3.47. The average molecular weight is 289 g/mol. The van der Waals surface area contributed by atoms with Crippen molar-refractivity contribution in [2.45, 2.75) is 18.2 Å². The summed E-state index contributed by atoms with van der Waals surface area (Å²) in [5, 5.41) is 3.38. The Morgan fingerprint density at radius 2 is 1.89 bits per heavy atom. The van der Waals surface area contributed by atoms with Gasteiger partial charge in [0.05, 0.1) is 4.90 Å². The fourth-order valence-corrected chi connectivity index (χ4v) is 2.28. The van der Waals surface area contributed by atoms with Gasteiger partial charge in [-0.1, -0.05) is 6.92 Å². The molecular formula is C10H9F2N3O3S. The highest BCUT2D eigenvalue weighted by molar-refractivity contribution is 7.92. The number of benzene rings is 1. The zero-order chi connectivity index (χ0) is 14.0. The molecule has 1 heterocycles. The first-order valence-electron chi connectivity index (χ1n) is 5.22. The average Bonchev–Trinajstić information content (AvgIpc) is 2.74. The molecule has 19 heavy (non-hydrogen) atoms. The molecule has 9 heteroatoms. The maximum atomic E-state index is 13.0. The summed E-state index contributed by atoms with van der Waals surface area (Å²) in [4.78, 5) is 3.17. The van der Waals surface area contributed by atoms with E-state index in [2.05, 4.69) is 10.1 Å². The number of nitrogens with zero attached hydrogens (tertiary/aromatic N) is 2. The van der Waals surface area contributed by atoms with Gasteiger partial charge in [0, 0.05) is 12.5 Å². The van der Waals surface area contributed by atoms with Crippen molar-refractivity contribution in [2.75, 3.05) is 4.72 Å². The van der Waals surface area contributed by atoms with Gasteiger partial charge in [-0.05, 0) is 17.3 Å². The van der Waals surface area contributed by atoms with Crippen LogP contribution in [0.2, 0.25) is 0 Å². The largest absolute Gasteiger partial charge is 0.337 e. The molecule has 1 N–H and O–H groups in total. The second-order valence-corrected chi connectivity index (χ2v) is 5.26. The zero-order valence-electron chi connectivity index (χ0n) is 9.72. The highest BCUT2D eigenvalue weighted by Crippen LogP contribution is 2.16. The first kappa shape index (κ1) is 13.4. The number of nitrogens with one attached hydrogen (secondary N) is 1. The number of sulfonamides is 1. The van der Waals surface area contributed by atoms with Gasteiger partial charge in [0.15, 0.2) is 0 Å². The molecule has 2 rings (SSSR count). The third kappa shape index (κ3) is 3.05. The van der Waals surface area contributed by atoms with Gasteiger partial charge in [0.1, 0.15) is 11.6 Å². The molecule has 0 radical (unpaired) electrons. The fraction of sp³-hybridized carbons (Fsp3) is 0.200. The number of rotatable bonds is 4. The molecule has 2 aromatic rings. The Morgan fingerprint density at radius 1 is 1.26 bits per heavy atom. The SMILES string of the molecule is CCc1nc(NS(=O)(=O)c2cc(F)cc(F)c2)no1. The van der Waals surface area contributed by atoms with Crippen molar-refractivity contribution in [3.63, 3.8) is 0 Å². The zero-order valence-corrected chi connectivity index (χ0v) is 10.5. The fourth-order valence-electron chi connectivity index (χ4n) is 1.30. The van der Waals surface area contributed by atoms with Crippen molar-refractivity contribution in [3.05, 3.63) is 35.7 Å². The predicted molar refractivity (Wildman–Crippen MR) is 60.8 cm³/mol. The summed E-state index contributed by atoms with van der Waals surface area (Å²) in [6.07, 6.45) is 0.434. The summed E-state index contributed by atoms with van der Waals surface area (Å²) < 4.78 is 56.3. The molecule has 0 saturated carbocycles. The van der Waals surface area contributed by atoms with Gasteiger partial charge in [0.25, 0.3) is 16.0 Å². The highest BCUT2D eigenvalue weighted by atomic mass is 32.2.